The van der Waals surface area contributed by atoms with Gasteiger partial charge in [0.1, 0.15) is 0 Å². The molecule has 0 aromatic heterocycles. The minimum absolute atomic E-state index is 0.317. The van der Waals surface area contributed by atoms with E-state index in [1.54, 1.807) is 0 Å². The summed E-state index contributed by atoms with van der Waals surface area (Å²) in [5, 5.41) is 0. The van der Waals surface area contributed by atoms with Crippen molar-refractivity contribution in [3.05, 3.63) is 0 Å². The smallest absolute Gasteiger partial charge is 0.352 e. The average molecular weight is 808 g/mol. The summed E-state index contributed by atoms with van der Waals surface area (Å²) in [5.74, 6) is -79.3. The molecule has 300 valence electrons. The molecule has 0 saturated carbocycles. The number of alkyl halides is 26. The van der Waals surface area contributed by atoms with E-state index in [0.717, 1.165) is 6.92 Å². The van der Waals surface area contributed by atoms with Gasteiger partial charge in [-0.3, -0.25) is 0 Å². The molecule has 0 amide bonds. The van der Waals surface area contributed by atoms with E-state index in [1.165, 1.54) is 0 Å². The predicted octanol–water partition coefficient (Wildman–Crippen LogP) is 10.8. The van der Waals surface area contributed by atoms with E-state index in [1.807, 2.05) is 0 Å². The maximum absolute atomic E-state index is 14.4. The van der Waals surface area contributed by atoms with E-state index in [4.69, 9.17) is 0 Å². The highest BCUT2D eigenvalue weighted by Crippen LogP contribution is 2.63. The van der Waals surface area contributed by atoms with Gasteiger partial charge in [-0.05, 0) is 19.3 Å². The summed E-state index contributed by atoms with van der Waals surface area (Å²) in [6, 6.07) is 0. The van der Waals surface area contributed by atoms with Gasteiger partial charge in [-0.1, -0.05) is 6.92 Å². The summed E-state index contributed by atoms with van der Waals surface area (Å²) in [5.41, 5.74) is -3.13. The van der Waals surface area contributed by atoms with Crippen molar-refractivity contribution in [2.24, 2.45) is 5.41 Å². The molecule has 1 saturated heterocycles. The maximum Gasteiger partial charge on any atom is 0.460 e. The lowest BCUT2D eigenvalue weighted by Gasteiger charge is -2.44. The molecule has 0 unspecified atom stereocenters. The fraction of sp³-hybridized carbons (Fsp3) is 1.00. The number of hydrogen-bond acceptors (Lipinski definition) is 2. The molecule has 1 rings (SSSR count). The molecule has 0 N–H and O–H groups in total. The van der Waals surface area contributed by atoms with Crippen molar-refractivity contribution >= 4 is 0 Å². The second-order valence-electron chi connectivity index (χ2n) is 11.0. The highest BCUT2D eigenvalue weighted by atomic mass is 19.4. The zero-order valence-corrected chi connectivity index (χ0v) is 23.7. The minimum Gasteiger partial charge on any atom is -0.352 e. The molecular formula is C22H18F26O2. The van der Waals surface area contributed by atoms with E-state index in [0.29, 0.717) is 0 Å². The third kappa shape index (κ3) is 6.96. The Labute approximate surface area is 260 Å². The first kappa shape index (κ1) is 46.1. The highest BCUT2D eigenvalue weighted by Gasteiger charge is 2.92. The Bertz CT molecular complexity index is 1080. The SMILES string of the molecule is CCC1OCC(CCC(F)(F)C(F)(F)C(F)(F)C(F)(F)C(F)(F)C(F)(F)F)(CCC(F)(F)C(F)(F)C(F)(F)C(F)(F)C(F)(F)C(F)(F)F)CO1. The van der Waals surface area contributed by atoms with Crippen LogP contribution in [-0.2, 0) is 9.47 Å². The van der Waals surface area contributed by atoms with Gasteiger partial charge >= 0.3 is 71.6 Å². The van der Waals surface area contributed by atoms with Gasteiger partial charge < -0.3 is 9.47 Å². The first-order chi connectivity index (χ1) is 21.6. The molecule has 28 heteroatoms. The molecule has 0 spiro atoms. The second kappa shape index (κ2) is 12.9. The van der Waals surface area contributed by atoms with Crippen LogP contribution in [0.15, 0.2) is 0 Å². The van der Waals surface area contributed by atoms with Crippen LogP contribution in [0.5, 0.6) is 0 Å². The van der Waals surface area contributed by atoms with Crippen LogP contribution < -0.4 is 0 Å². The lowest BCUT2D eigenvalue weighted by Crippen LogP contribution is -2.70. The van der Waals surface area contributed by atoms with Gasteiger partial charge in [-0.25, -0.2) is 0 Å². The maximum atomic E-state index is 14.4. The Morgan fingerprint density at radius 1 is 0.400 bits per heavy atom. The van der Waals surface area contributed by atoms with Crippen LogP contribution in [0.2, 0.25) is 0 Å². The van der Waals surface area contributed by atoms with E-state index < -0.39 is 122 Å². The van der Waals surface area contributed by atoms with E-state index in [9.17, 15) is 114 Å². The number of ether oxygens (including phenoxy) is 2. The summed E-state index contributed by atoms with van der Waals surface area (Å²) >= 11 is 0. The lowest BCUT2D eigenvalue weighted by molar-refractivity contribution is -0.441. The van der Waals surface area contributed by atoms with E-state index in [2.05, 4.69) is 9.47 Å². The van der Waals surface area contributed by atoms with Crippen LogP contribution >= 0.6 is 0 Å². The van der Waals surface area contributed by atoms with Crippen molar-refractivity contribution in [1.29, 1.82) is 0 Å². The topological polar surface area (TPSA) is 18.5 Å². The Kier molecular flexibility index (Phi) is 11.9. The van der Waals surface area contributed by atoms with Crippen LogP contribution in [0.3, 0.4) is 0 Å². The first-order valence-electron chi connectivity index (χ1n) is 12.7. The van der Waals surface area contributed by atoms with Crippen LogP contribution in [0.1, 0.15) is 39.0 Å². The number of halogens is 26. The van der Waals surface area contributed by atoms with Crippen molar-refractivity contribution in [1.82, 2.24) is 0 Å². The second-order valence-corrected chi connectivity index (χ2v) is 11.0. The van der Waals surface area contributed by atoms with Crippen molar-refractivity contribution < 1.29 is 124 Å². The molecule has 0 aliphatic carbocycles. The molecule has 1 aliphatic heterocycles. The Morgan fingerprint density at radius 2 is 0.640 bits per heavy atom. The molecule has 0 radical (unpaired) electrons. The average Bonchev–Trinajstić information content (AvgIpc) is 2.93. The number of rotatable bonds is 15. The molecule has 1 aliphatic rings. The zero-order chi connectivity index (χ0) is 40.4. The largest absolute Gasteiger partial charge is 0.460 e. The van der Waals surface area contributed by atoms with Gasteiger partial charge in [0.2, 0.25) is 0 Å². The summed E-state index contributed by atoms with van der Waals surface area (Å²) in [4.78, 5) is 0. The van der Waals surface area contributed by atoms with Gasteiger partial charge in [-0.15, -0.1) is 0 Å². The predicted molar refractivity (Wildman–Crippen MR) is 108 cm³/mol. The van der Waals surface area contributed by atoms with E-state index in [-0.39, 0.29) is 6.42 Å². The third-order valence-electron chi connectivity index (χ3n) is 7.42. The fourth-order valence-electron chi connectivity index (χ4n) is 4.04. The summed E-state index contributed by atoms with van der Waals surface area (Å²) in [6.45, 7) is -1.97. The van der Waals surface area contributed by atoms with Crippen LogP contribution in [0.25, 0.3) is 0 Å². The highest BCUT2D eigenvalue weighted by molar-refractivity contribution is 5.12. The Balaban J connectivity index is 3.54. The van der Waals surface area contributed by atoms with E-state index >= 15 is 0 Å². The molecule has 1 heterocycles. The minimum atomic E-state index is -8.36. The first-order valence-corrected chi connectivity index (χ1v) is 12.7. The van der Waals surface area contributed by atoms with Crippen LogP contribution in [-0.4, -0.2) is 91.1 Å². The van der Waals surface area contributed by atoms with Crippen molar-refractivity contribution in [3.8, 4) is 0 Å². The van der Waals surface area contributed by atoms with Gasteiger partial charge in [0.25, 0.3) is 0 Å². The Morgan fingerprint density at radius 3 is 0.860 bits per heavy atom. The lowest BCUT2D eigenvalue weighted by atomic mass is 9.76. The molecule has 2 nitrogen and oxygen atoms in total. The molecule has 0 atom stereocenters. The monoisotopic (exact) mass is 808 g/mol. The normalized spacial score (nSPS) is 19.3. The van der Waals surface area contributed by atoms with Crippen molar-refractivity contribution in [3.63, 3.8) is 0 Å². The molecule has 1 fully saturated rings. The number of hydrogen-bond donors (Lipinski definition) is 0. The van der Waals surface area contributed by atoms with Crippen molar-refractivity contribution in [2.75, 3.05) is 13.2 Å². The standard InChI is InChI=1S/C22H18F26O2/c1-2-9-49-7-10(8-50-9,3-5-11(23,24)13(27,28)15(31,32)17(35,36)19(39,40)21(43,44)45)4-6-12(25,26)14(29,30)16(33,34)18(37,38)20(41,42)22(46,47)48/h9H,2-8H2,1H3. The van der Waals surface area contributed by atoms with Crippen molar-refractivity contribution in [2.45, 2.75) is 117 Å². The van der Waals surface area contributed by atoms with Gasteiger partial charge in [-0.2, -0.15) is 114 Å². The third-order valence-corrected chi connectivity index (χ3v) is 7.42. The zero-order valence-electron chi connectivity index (χ0n) is 23.7. The van der Waals surface area contributed by atoms with Crippen LogP contribution in [0.4, 0.5) is 114 Å². The summed E-state index contributed by atoms with van der Waals surface area (Å²) in [7, 11) is 0. The molecule has 0 bridgehead atoms. The van der Waals surface area contributed by atoms with Crippen LogP contribution in [0, 0.1) is 5.41 Å². The molecular weight excluding hydrogens is 790 g/mol. The molecule has 50 heavy (non-hydrogen) atoms. The van der Waals surface area contributed by atoms with Gasteiger partial charge in [0.05, 0.1) is 13.2 Å². The fourth-order valence-corrected chi connectivity index (χ4v) is 4.04. The van der Waals surface area contributed by atoms with Gasteiger partial charge in [0.15, 0.2) is 6.29 Å². The summed E-state index contributed by atoms with van der Waals surface area (Å²) in [6.07, 6.45) is -28.4. The summed E-state index contributed by atoms with van der Waals surface area (Å²) < 4.78 is 358. The molecule has 0 aromatic rings. The quantitative estimate of drug-likeness (QED) is 0.154. The van der Waals surface area contributed by atoms with Gasteiger partial charge in [0, 0.05) is 18.3 Å². The molecule has 0 aromatic carbocycles. The Hall–Kier alpha value is -1.90.